The molecule has 6 heteroatoms. The molecule has 1 heterocycles. The molecule has 0 aliphatic heterocycles. The third-order valence-electron chi connectivity index (χ3n) is 4.38. The lowest BCUT2D eigenvalue weighted by Gasteiger charge is -2.07. The van der Waals surface area contributed by atoms with Crippen LogP contribution < -0.4 is 14.8 Å². The Labute approximate surface area is 164 Å². The van der Waals surface area contributed by atoms with E-state index < -0.39 is 0 Å². The minimum Gasteiger partial charge on any atom is -0.493 e. The minimum atomic E-state index is -0.228. The summed E-state index contributed by atoms with van der Waals surface area (Å²) in [6.45, 7) is 3.81. The van der Waals surface area contributed by atoms with Crippen molar-refractivity contribution < 1.29 is 14.3 Å². The second-order valence-electron chi connectivity index (χ2n) is 6.23. The molecule has 2 aromatic carbocycles. The van der Waals surface area contributed by atoms with E-state index in [0.29, 0.717) is 17.2 Å². The standard InChI is InChI=1S/C22H23N3O3/c1-15-22(16(2)25(24-15)18-8-6-5-7-9-18)23-21(26)13-11-17-10-12-19(27-3)20(14-17)28-4/h5-14H,1-4H3,(H,23,26)/b13-11+. The van der Waals surface area contributed by atoms with E-state index in [1.165, 1.54) is 6.08 Å². The molecule has 3 rings (SSSR count). The molecule has 0 fully saturated rings. The zero-order valence-electron chi connectivity index (χ0n) is 16.4. The third kappa shape index (κ3) is 4.06. The molecule has 1 aromatic heterocycles. The highest BCUT2D eigenvalue weighted by atomic mass is 16.5. The first kappa shape index (κ1) is 19.2. The molecule has 0 bridgehead atoms. The van der Waals surface area contributed by atoms with Crippen molar-refractivity contribution in [2.45, 2.75) is 13.8 Å². The van der Waals surface area contributed by atoms with Crippen molar-refractivity contribution in [2.24, 2.45) is 0 Å². The fraction of sp³-hybridized carbons (Fsp3) is 0.182. The van der Waals surface area contributed by atoms with Gasteiger partial charge in [-0.15, -0.1) is 0 Å². The van der Waals surface area contributed by atoms with Gasteiger partial charge in [0.15, 0.2) is 11.5 Å². The van der Waals surface area contributed by atoms with Crippen LogP contribution in [0.15, 0.2) is 54.6 Å². The summed E-state index contributed by atoms with van der Waals surface area (Å²) >= 11 is 0. The number of amides is 1. The zero-order chi connectivity index (χ0) is 20.1. The molecule has 6 nitrogen and oxygen atoms in total. The lowest BCUT2D eigenvalue weighted by atomic mass is 10.2. The Kier molecular flexibility index (Phi) is 5.79. The van der Waals surface area contributed by atoms with Gasteiger partial charge in [0.25, 0.3) is 0 Å². The first-order valence-electron chi connectivity index (χ1n) is 8.86. The summed E-state index contributed by atoms with van der Waals surface area (Å²) in [5.74, 6) is 1.03. The summed E-state index contributed by atoms with van der Waals surface area (Å²) in [6, 6.07) is 15.3. The smallest absolute Gasteiger partial charge is 0.248 e. The number of carbonyl (C=O) groups excluding carboxylic acids is 1. The van der Waals surface area contributed by atoms with Gasteiger partial charge in [-0.1, -0.05) is 24.3 Å². The van der Waals surface area contributed by atoms with E-state index in [2.05, 4.69) is 10.4 Å². The van der Waals surface area contributed by atoms with E-state index in [1.807, 2.05) is 61.0 Å². The third-order valence-corrected chi connectivity index (χ3v) is 4.38. The molecular weight excluding hydrogens is 354 g/mol. The molecule has 0 aliphatic carbocycles. The number of anilines is 1. The highest BCUT2D eigenvalue weighted by molar-refractivity contribution is 6.02. The maximum Gasteiger partial charge on any atom is 0.248 e. The van der Waals surface area contributed by atoms with E-state index >= 15 is 0 Å². The molecule has 0 radical (unpaired) electrons. The van der Waals surface area contributed by atoms with Gasteiger partial charge in [-0.25, -0.2) is 4.68 Å². The van der Waals surface area contributed by atoms with Gasteiger partial charge in [-0.2, -0.15) is 5.10 Å². The maximum absolute atomic E-state index is 12.4. The Bertz CT molecular complexity index is 1010. The fourth-order valence-corrected chi connectivity index (χ4v) is 2.94. The quantitative estimate of drug-likeness (QED) is 0.655. The van der Waals surface area contributed by atoms with Crippen molar-refractivity contribution in [3.8, 4) is 17.2 Å². The van der Waals surface area contributed by atoms with E-state index in [9.17, 15) is 4.79 Å². The summed E-state index contributed by atoms with van der Waals surface area (Å²) < 4.78 is 12.3. The van der Waals surface area contributed by atoms with Crippen LogP contribution in [0.25, 0.3) is 11.8 Å². The van der Waals surface area contributed by atoms with Crippen LogP contribution in [0.1, 0.15) is 17.0 Å². The van der Waals surface area contributed by atoms with Crippen molar-refractivity contribution in [3.05, 3.63) is 71.6 Å². The lowest BCUT2D eigenvalue weighted by molar-refractivity contribution is -0.111. The molecule has 0 atom stereocenters. The number of para-hydroxylation sites is 1. The van der Waals surface area contributed by atoms with Gasteiger partial charge in [0.05, 0.1) is 37.0 Å². The molecule has 0 unspecified atom stereocenters. The van der Waals surface area contributed by atoms with Gasteiger partial charge in [-0.3, -0.25) is 4.79 Å². The first-order valence-corrected chi connectivity index (χ1v) is 8.86. The Morgan fingerprint density at radius 2 is 1.75 bits per heavy atom. The number of carbonyl (C=O) groups is 1. The summed E-state index contributed by atoms with van der Waals surface area (Å²) in [6.07, 6.45) is 3.21. The average Bonchev–Trinajstić information content (AvgIpc) is 3.00. The Morgan fingerprint density at radius 3 is 2.43 bits per heavy atom. The number of methoxy groups -OCH3 is 2. The number of benzene rings is 2. The number of aryl methyl sites for hydroxylation is 1. The van der Waals surface area contributed by atoms with E-state index in [4.69, 9.17) is 9.47 Å². The monoisotopic (exact) mass is 377 g/mol. The van der Waals surface area contributed by atoms with Gasteiger partial charge >= 0.3 is 0 Å². The number of rotatable bonds is 6. The number of hydrogen-bond donors (Lipinski definition) is 1. The summed E-state index contributed by atoms with van der Waals surface area (Å²) in [7, 11) is 3.16. The van der Waals surface area contributed by atoms with Crippen molar-refractivity contribution in [1.82, 2.24) is 9.78 Å². The molecule has 0 spiro atoms. The Morgan fingerprint density at radius 1 is 1.04 bits per heavy atom. The van der Waals surface area contributed by atoms with Crippen LogP contribution >= 0.6 is 0 Å². The lowest BCUT2D eigenvalue weighted by Crippen LogP contribution is -2.09. The van der Waals surface area contributed by atoms with Gasteiger partial charge in [0, 0.05) is 6.08 Å². The molecule has 1 N–H and O–H groups in total. The molecule has 0 saturated heterocycles. The molecule has 0 saturated carbocycles. The van der Waals surface area contributed by atoms with E-state index in [0.717, 1.165) is 22.6 Å². The largest absolute Gasteiger partial charge is 0.493 e. The molecule has 144 valence electrons. The van der Waals surface area contributed by atoms with E-state index in [-0.39, 0.29) is 5.91 Å². The second-order valence-corrected chi connectivity index (χ2v) is 6.23. The zero-order valence-corrected chi connectivity index (χ0v) is 16.4. The molecular formula is C22H23N3O3. The predicted molar refractivity (Wildman–Crippen MR) is 110 cm³/mol. The van der Waals surface area contributed by atoms with Crippen molar-refractivity contribution >= 4 is 17.7 Å². The number of nitrogens with zero attached hydrogens (tertiary/aromatic N) is 2. The highest BCUT2D eigenvalue weighted by Gasteiger charge is 2.14. The predicted octanol–water partition coefficient (Wildman–Crippen LogP) is 4.16. The van der Waals surface area contributed by atoms with Crippen LogP contribution in [0.4, 0.5) is 5.69 Å². The van der Waals surface area contributed by atoms with Crippen molar-refractivity contribution in [3.63, 3.8) is 0 Å². The summed E-state index contributed by atoms with van der Waals surface area (Å²) in [5, 5.41) is 7.47. The summed E-state index contributed by atoms with van der Waals surface area (Å²) in [5.41, 5.74) is 4.13. The van der Waals surface area contributed by atoms with Gasteiger partial charge in [0.1, 0.15) is 0 Å². The SMILES string of the molecule is COc1ccc(/C=C/C(=O)Nc2c(C)nn(-c3ccccc3)c2C)cc1OC. The fourth-order valence-electron chi connectivity index (χ4n) is 2.94. The number of ether oxygens (including phenoxy) is 2. The number of aromatic nitrogens is 2. The van der Waals surface area contributed by atoms with Crippen LogP contribution in [0.5, 0.6) is 11.5 Å². The topological polar surface area (TPSA) is 65.4 Å². The van der Waals surface area contributed by atoms with Gasteiger partial charge in [-0.05, 0) is 49.8 Å². The molecule has 1 amide bonds. The first-order chi connectivity index (χ1) is 13.5. The Balaban J connectivity index is 1.77. The maximum atomic E-state index is 12.4. The van der Waals surface area contributed by atoms with Crippen LogP contribution in [0, 0.1) is 13.8 Å². The second kappa shape index (κ2) is 8.43. The Hall–Kier alpha value is -3.54. The van der Waals surface area contributed by atoms with Crippen LogP contribution in [-0.4, -0.2) is 29.9 Å². The van der Waals surface area contributed by atoms with Crippen LogP contribution in [-0.2, 0) is 4.79 Å². The van der Waals surface area contributed by atoms with Crippen molar-refractivity contribution in [2.75, 3.05) is 19.5 Å². The number of nitrogens with one attached hydrogen (secondary N) is 1. The van der Waals surface area contributed by atoms with Gasteiger partial charge in [0.2, 0.25) is 5.91 Å². The van der Waals surface area contributed by atoms with Crippen LogP contribution in [0.3, 0.4) is 0 Å². The normalized spacial score (nSPS) is 10.9. The molecule has 0 aliphatic rings. The molecule has 28 heavy (non-hydrogen) atoms. The molecule has 3 aromatic rings. The van der Waals surface area contributed by atoms with Gasteiger partial charge < -0.3 is 14.8 Å². The highest BCUT2D eigenvalue weighted by Crippen LogP contribution is 2.28. The van der Waals surface area contributed by atoms with Crippen LogP contribution in [0.2, 0.25) is 0 Å². The van der Waals surface area contributed by atoms with Crippen molar-refractivity contribution in [1.29, 1.82) is 0 Å². The summed E-state index contributed by atoms with van der Waals surface area (Å²) in [4.78, 5) is 12.4. The average molecular weight is 377 g/mol. The minimum absolute atomic E-state index is 0.228. The number of hydrogen-bond acceptors (Lipinski definition) is 4. The van der Waals surface area contributed by atoms with E-state index in [1.54, 1.807) is 26.4 Å².